The number of aliphatic hydroxyl groups is 2. The Bertz CT molecular complexity index is 630. The molecule has 2 heterocycles. The van der Waals surface area contributed by atoms with E-state index in [2.05, 4.69) is 0 Å². The Balaban J connectivity index is 2.59. The quantitative estimate of drug-likeness (QED) is 0.574. The lowest BCUT2D eigenvalue weighted by atomic mass is 9.94. The molecule has 0 saturated carbocycles. The van der Waals surface area contributed by atoms with E-state index >= 15 is 0 Å². The topological polar surface area (TPSA) is 128 Å². The molecule has 2 rings (SSSR count). The highest BCUT2D eigenvalue weighted by atomic mass is 16.6. The molecule has 0 spiro atoms. The molecule has 1 saturated heterocycles. The molecule has 1 aliphatic heterocycles. The predicted molar refractivity (Wildman–Crippen MR) is 62.0 cm³/mol. The van der Waals surface area contributed by atoms with E-state index in [1.54, 1.807) is 0 Å². The Morgan fingerprint density at radius 2 is 2.32 bits per heavy atom. The van der Waals surface area contributed by atoms with Crippen LogP contribution in [-0.2, 0) is 10.5 Å². The zero-order valence-corrected chi connectivity index (χ0v) is 10.1. The number of hydrogen-bond acceptors (Lipinski definition) is 6. The monoisotopic (exact) mass is 267 g/mol. The Kier molecular flexibility index (Phi) is 3.28. The van der Waals surface area contributed by atoms with Gasteiger partial charge in [-0.15, -0.1) is 0 Å². The van der Waals surface area contributed by atoms with Gasteiger partial charge in [-0.05, 0) is 0 Å². The lowest BCUT2D eigenvalue weighted by molar-refractivity contribution is -0.0919. The summed E-state index contributed by atoms with van der Waals surface area (Å²) >= 11 is 0. The molecule has 102 valence electrons. The van der Waals surface area contributed by atoms with Gasteiger partial charge in [0.15, 0.2) is 0 Å². The highest BCUT2D eigenvalue weighted by Gasteiger charge is 2.54. The van der Waals surface area contributed by atoms with Gasteiger partial charge in [0.25, 0.3) is 5.56 Å². The summed E-state index contributed by atoms with van der Waals surface area (Å²) in [4.78, 5) is 24.8. The van der Waals surface area contributed by atoms with Crippen molar-refractivity contribution in [2.24, 2.45) is 5.92 Å². The minimum atomic E-state index is -1.76. The first-order valence-corrected chi connectivity index (χ1v) is 5.66. The van der Waals surface area contributed by atoms with Crippen LogP contribution in [-0.4, -0.2) is 38.6 Å². The molecule has 0 bridgehead atoms. The first-order valence-electron chi connectivity index (χ1n) is 5.66. The summed E-state index contributed by atoms with van der Waals surface area (Å²) in [5.41, 5.74) is -3.17. The standard InChI is InChI=1S/C11H13N3O5/c1-6-9(17)7(4-15)19-11(6,5-12)14-3-2-8(16)13-10(14)18/h2-3,6-7,9,15,17H,4H2,1H3,(H,13,16,18)/t6?,7-,9+,11-/m1/s1. The van der Waals surface area contributed by atoms with Crippen molar-refractivity contribution in [2.45, 2.75) is 24.9 Å². The molecule has 1 aliphatic rings. The maximum absolute atomic E-state index is 11.8. The summed E-state index contributed by atoms with van der Waals surface area (Å²) < 4.78 is 6.27. The Hall–Kier alpha value is -1.95. The molecular formula is C11H13N3O5. The van der Waals surface area contributed by atoms with E-state index < -0.39 is 41.7 Å². The lowest BCUT2D eigenvalue weighted by Gasteiger charge is -2.27. The van der Waals surface area contributed by atoms with Crippen LogP contribution < -0.4 is 11.2 Å². The number of hydrogen-bond donors (Lipinski definition) is 3. The average molecular weight is 267 g/mol. The lowest BCUT2D eigenvalue weighted by Crippen LogP contribution is -2.46. The normalized spacial score (nSPS) is 34.1. The van der Waals surface area contributed by atoms with Gasteiger partial charge in [-0.2, -0.15) is 5.26 Å². The molecule has 8 nitrogen and oxygen atoms in total. The number of rotatable bonds is 2. The number of nitrogens with zero attached hydrogens (tertiary/aromatic N) is 2. The van der Waals surface area contributed by atoms with Crippen molar-refractivity contribution >= 4 is 0 Å². The zero-order valence-electron chi connectivity index (χ0n) is 10.1. The summed E-state index contributed by atoms with van der Waals surface area (Å²) in [5.74, 6) is -0.752. The molecule has 1 aromatic rings. The number of aromatic nitrogens is 2. The number of nitriles is 1. The van der Waals surface area contributed by atoms with Crippen molar-refractivity contribution in [3.8, 4) is 6.07 Å². The predicted octanol–water partition coefficient (Wildman–Crippen LogP) is -1.90. The van der Waals surface area contributed by atoms with Crippen LogP contribution in [0.1, 0.15) is 6.92 Å². The molecule has 0 aromatic carbocycles. The molecular weight excluding hydrogens is 254 g/mol. The van der Waals surface area contributed by atoms with E-state index in [0.29, 0.717) is 0 Å². The maximum atomic E-state index is 11.8. The second kappa shape index (κ2) is 4.62. The number of nitrogens with one attached hydrogen (secondary N) is 1. The van der Waals surface area contributed by atoms with Crippen molar-refractivity contribution in [1.82, 2.24) is 9.55 Å². The van der Waals surface area contributed by atoms with Crippen molar-refractivity contribution in [2.75, 3.05) is 6.61 Å². The number of H-pyrrole nitrogens is 1. The minimum absolute atomic E-state index is 0.479. The van der Waals surface area contributed by atoms with Crippen LogP contribution in [0, 0.1) is 17.2 Å². The van der Waals surface area contributed by atoms with Gasteiger partial charge in [0, 0.05) is 18.2 Å². The second-order valence-electron chi connectivity index (χ2n) is 4.41. The number of aromatic amines is 1. The van der Waals surface area contributed by atoms with Crippen LogP contribution in [0.4, 0.5) is 0 Å². The van der Waals surface area contributed by atoms with Gasteiger partial charge in [0.1, 0.15) is 12.2 Å². The van der Waals surface area contributed by atoms with Crippen LogP contribution in [0.5, 0.6) is 0 Å². The fourth-order valence-corrected chi connectivity index (χ4v) is 2.24. The first-order chi connectivity index (χ1) is 8.96. The van der Waals surface area contributed by atoms with Gasteiger partial charge < -0.3 is 14.9 Å². The SMILES string of the molecule is CC1[C@H](O)[C@@H](CO)O[C@@]1(C#N)n1ccc(=O)[nH]c1=O. The molecule has 4 atom stereocenters. The highest BCUT2D eigenvalue weighted by molar-refractivity contribution is 5.10. The number of ether oxygens (including phenoxy) is 1. The molecule has 1 aromatic heterocycles. The summed E-state index contributed by atoms with van der Waals surface area (Å²) in [6.45, 7) is 1.05. The highest BCUT2D eigenvalue weighted by Crippen LogP contribution is 2.38. The Morgan fingerprint density at radius 1 is 1.63 bits per heavy atom. The van der Waals surface area contributed by atoms with Gasteiger partial charge in [0.2, 0.25) is 5.72 Å². The smallest absolute Gasteiger partial charge is 0.331 e. The summed E-state index contributed by atoms with van der Waals surface area (Å²) in [7, 11) is 0. The van der Waals surface area contributed by atoms with Crippen LogP contribution >= 0.6 is 0 Å². The van der Waals surface area contributed by atoms with Crippen LogP contribution in [0.15, 0.2) is 21.9 Å². The molecule has 3 N–H and O–H groups in total. The van der Waals surface area contributed by atoms with Crippen molar-refractivity contribution in [3.63, 3.8) is 0 Å². The molecule has 19 heavy (non-hydrogen) atoms. The van der Waals surface area contributed by atoms with Crippen LogP contribution in [0.3, 0.4) is 0 Å². The summed E-state index contributed by atoms with van der Waals surface area (Å²) in [6, 6.07) is 2.92. The largest absolute Gasteiger partial charge is 0.394 e. The number of aliphatic hydroxyl groups excluding tert-OH is 2. The van der Waals surface area contributed by atoms with Gasteiger partial charge in [-0.1, -0.05) is 6.92 Å². The van der Waals surface area contributed by atoms with Crippen molar-refractivity contribution < 1.29 is 14.9 Å². The van der Waals surface area contributed by atoms with Gasteiger partial charge >= 0.3 is 5.69 Å². The Morgan fingerprint density at radius 3 is 2.79 bits per heavy atom. The minimum Gasteiger partial charge on any atom is -0.394 e. The molecule has 0 aliphatic carbocycles. The second-order valence-corrected chi connectivity index (χ2v) is 4.41. The van der Waals surface area contributed by atoms with Crippen LogP contribution in [0.25, 0.3) is 0 Å². The van der Waals surface area contributed by atoms with E-state index in [1.165, 1.54) is 6.92 Å². The van der Waals surface area contributed by atoms with Gasteiger partial charge in [-0.25, -0.2) is 4.79 Å². The van der Waals surface area contributed by atoms with Gasteiger partial charge in [0.05, 0.1) is 12.7 Å². The van der Waals surface area contributed by atoms with E-state index in [1.807, 2.05) is 11.1 Å². The zero-order chi connectivity index (χ0) is 14.2. The first kappa shape index (κ1) is 13.5. The molecule has 0 radical (unpaired) electrons. The van der Waals surface area contributed by atoms with E-state index in [-0.39, 0.29) is 0 Å². The van der Waals surface area contributed by atoms with Crippen molar-refractivity contribution in [3.05, 3.63) is 33.1 Å². The molecule has 1 unspecified atom stereocenters. The third-order valence-corrected chi connectivity index (χ3v) is 3.36. The Labute approximate surface area is 107 Å². The van der Waals surface area contributed by atoms with Crippen LogP contribution in [0.2, 0.25) is 0 Å². The fraction of sp³-hybridized carbons (Fsp3) is 0.545. The van der Waals surface area contributed by atoms with Gasteiger partial charge in [-0.3, -0.25) is 14.3 Å². The average Bonchev–Trinajstić information content (AvgIpc) is 2.64. The van der Waals surface area contributed by atoms with Crippen molar-refractivity contribution in [1.29, 1.82) is 5.26 Å². The van der Waals surface area contributed by atoms with E-state index in [0.717, 1.165) is 16.8 Å². The molecule has 1 fully saturated rings. The van der Waals surface area contributed by atoms with E-state index in [9.17, 15) is 20.0 Å². The summed E-state index contributed by atoms with van der Waals surface area (Å²) in [5, 5.41) is 28.4. The maximum Gasteiger partial charge on any atom is 0.331 e. The summed E-state index contributed by atoms with van der Waals surface area (Å²) in [6.07, 6.45) is -0.926. The third-order valence-electron chi connectivity index (χ3n) is 3.36. The molecule has 8 heteroatoms. The molecule has 0 amide bonds. The van der Waals surface area contributed by atoms with E-state index in [4.69, 9.17) is 9.84 Å². The fourth-order valence-electron chi connectivity index (χ4n) is 2.24. The third kappa shape index (κ3) is 1.88.